The van der Waals surface area contributed by atoms with E-state index in [4.69, 9.17) is 0 Å². The fraction of sp³-hybridized carbons (Fsp3) is 0.333. The Morgan fingerprint density at radius 2 is 1.77 bits per heavy atom. The Morgan fingerprint density at radius 1 is 1.23 bits per heavy atom. The molecule has 0 atom stereocenters. The maximum absolute atomic E-state index is 4.53. The van der Waals surface area contributed by atoms with Crippen LogP contribution in [0, 0.1) is 13.8 Å². The number of benzene rings is 1. The molecule has 0 aliphatic rings. The predicted molar refractivity (Wildman–Crippen MR) is 62.5 cm³/mol. The number of aryl methyl sites for hydroxylation is 2. The van der Waals surface area contributed by atoms with Crippen LogP contribution in [0.15, 0.2) is 23.1 Å². The lowest BCUT2D eigenvalue weighted by atomic mass is 9.99. The van der Waals surface area contributed by atoms with Gasteiger partial charge in [-0.25, -0.2) is 0 Å². The number of hydrogen-bond acceptors (Lipinski definition) is 1. The molecule has 1 heteroatoms. The number of rotatable bonds is 1. The highest BCUT2D eigenvalue weighted by Crippen LogP contribution is 2.28. The second kappa shape index (κ2) is 4.01. The fourth-order valence-electron chi connectivity index (χ4n) is 1.44. The van der Waals surface area contributed by atoms with Crippen LogP contribution in [0.1, 0.15) is 30.5 Å². The van der Waals surface area contributed by atoms with Crippen molar-refractivity contribution in [3.63, 3.8) is 0 Å². The Balaban J connectivity index is 3.42. The van der Waals surface area contributed by atoms with E-state index in [1.807, 2.05) is 0 Å². The molecule has 1 rings (SSSR count). The second-order valence-electron chi connectivity index (χ2n) is 3.39. The molecule has 0 aliphatic heterocycles. The minimum atomic E-state index is 1.11. The highest BCUT2D eigenvalue weighted by Gasteiger charge is 2.06. The minimum absolute atomic E-state index is 1.11. The molecule has 0 unspecified atom stereocenters. The van der Waals surface area contributed by atoms with Gasteiger partial charge in [-0.2, -0.15) is 0 Å². The Morgan fingerprint density at radius 3 is 2.31 bits per heavy atom. The molecule has 70 valence electrons. The molecular weight excluding hydrogens is 176 g/mol. The molecule has 0 nitrogen and oxygen atoms in total. The first-order valence-electron chi connectivity index (χ1n) is 4.50. The molecule has 13 heavy (non-hydrogen) atoms. The molecule has 0 heterocycles. The highest BCUT2D eigenvalue weighted by molar-refractivity contribution is 7.80. The van der Waals surface area contributed by atoms with Crippen molar-refractivity contribution in [1.29, 1.82) is 0 Å². The van der Waals surface area contributed by atoms with E-state index < -0.39 is 0 Å². The predicted octanol–water partition coefficient (Wildman–Crippen LogP) is 4.02. The van der Waals surface area contributed by atoms with Gasteiger partial charge >= 0.3 is 0 Å². The molecule has 0 fully saturated rings. The summed E-state index contributed by atoms with van der Waals surface area (Å²) in [6.45, 7) is 8.40. The van der Waals surface area contributed by atoms with Gasteiger partial charge in [-0.1, -0.05) is 18.2 Å². The molecule has 1 aromatic rings. The van der Waals surface area contributed by atoms with Crippen LogP contribution in [0.3, 0.4) is 0 Å². The molecule has 0 amide bonds. The van der Waals surface area contributed by atoms with Crippen molar-refractivity contribution in [3.05, 3.63) is 34.9 Å². The SMILES string of the molecule is CC=C(C)c1c(C)ccc(C)c1S. The van der Waals surface area contributed by atoms with E-state index in [2.05, 4.69) is 58.5 Å². The topological polar surface area (TPSA) is 0 Å². The maximum atomic E-state index is 4.53. The summed E-state index contributed by atoms with van der Waals surface area (Å²) in [6.07, 6.45) is 2.13. The lowest BCUT2D eigenvalue weighted by Gasteiger charge is -2.11. The van der Waals surface area contributed by atoms with Crippen LogP contribution in [0.4, 0.5) is 0 Å². The largest absolute Gasteiger partial charge is 0.143 e. The van der Waals surface area contributed by atoms with Gasteiger partial charge in [0.05, 0.1) is 0 Å². The summed E-state index contributed by atoms with van der Waals surface area (Å²) in [5, 5.41) is 0. The van der Waals surface area contributed by atoms with E-state index in [1.165, 1.54) is 22.3 Å². The first kappa shape index (κ1) is 10.4. The summed E-state index contributed by atoms with van der Waals surface area (Å²) in [5.41, 5.74) is 5.12. The van der Waals surface area contributed by atoms with Gasteiger partial charge in [0.15, 0.2) is 0 Å². The van der Waals surface area contributed by atoms with Gasteiger partial charge in [0.25, 0.3) is 0 Å². The number of thiol groups is 1. The lowest BCUT2D eigenvalue weighted by molar-refractivity contribution is 1.22. The number of hydrogen-bond donors (Lipinski definition) is 1. The van der Waals surface area contributed by atoms with Gasteiger partial charge < -0.3 is 0 Å². The Kier molecular flexibility index (Phi) is 3.21. The maximum Gasteiger partial charge on any atom is 0.0147 e. The van der Waals surface area contributed by atoms with Crippen LogP contribution >= 0.6 is 12.6 Å². The minimum Gasteiger partial charge on any atom is -0.143 e. The lowest BCUT2D eigenvalue weighted by Crippen LogP contribution is -1.90. The molecule has 0 spiro atoms. The van der Waals surface area contributed by atoms with Crippen LogP contribution in [0.5, 0.6) is 0 Å². The summed E-state index contributed by atoms with van der Waals surface area (Å²) in [6, 6.07) is 4.27. The zero-order valence-electron chi connectivity index (χ0n) is 8.68. The zero-order chi connectivity index (χ0) is 10.0. The molecule has 0 aliphatic carbocycles. The summed E-state index contributed by atoms with van der Waals surface area (Å²) >= 11 is 4.53. The third-order valence-electron chi connectivity index (χ3n) is 2.42. The van der Waals surface area contributed by atoms with Gasteiger partial charge in [-0.05, 0) is 50.0 Å². The third kappa shape index (κ3) is 1.97. The van der Waals surface area contributed by atoms with Crippen molar-refractivity contribution >= 4 is 18.2 Å². The quantitative estimate of drug-likeness (QED) is 0.638. The molecular formula is C12H16S. The Labute approximate surface area is 86.1 Å². The van der Waals surface area contributed by atoms with Gasteiger partial charge in [0, 0.05) is 4.90 Å². The summed E-state index contributed by atoms with van der Waals surface area (Å²) < 4.78 is 0. The van der Waals surface area contributed by atoms with E-state index >= 15 is 0 Å². The van der Waals surface area contributed by atoms with E-state index in [0.29, 0.717) is 0 Å². The average Bonchev–Trinajstić information content (AvgIpc) is 2.12. The van der Waals surface area contributed by atoms with Crippen molar-refractivity contribution in [3.8, 4) is 0 Å². The molecule has 0 aromatic heterocycles. The smallest absolute Gasteiger partial charge is 0.0147 e. The van der Waals surface area contributed by atoms with Crippen molar-refractivity contribution in [2.45, 2.75) is 32.6 Å². The fourth-order valence-corrected chi connectivity index (χ4v) is 1.87. The van der Waals surface area contributed by atoms with Gasteiger partial charge in [-0.3, -0.25) is 0 Å². The van der Waals surface area contributed by atoms with Gasteiger partial charge in [-0.15, -0.1) is 12.6 Å². The Hall–Kier alpha value is -0.690. The van der Waals surface area contributed by atoms with Gasteiger partial charge in [0.2, 0.25) is 0 Å². The van der Waals surface area contributed by atoms with Crippen molar-refractivity contribution in [1.82, 2.24) is 0 Å². The summed E-state index contributed by atoms with van der Waals surface area (Å²) in [5.74, 6) is 0. The van der Waals surface area contributed by atoms with E-state index in [1.54, 1.807) is 0 Å². The zero-order valence-corrected chi connectivity index (χ0v) is 9.57. The van der Waals surface area contributed by atoms with Crippen molar-refractivity contribution in [2.75, 3.05) is 0 Å². The van der Waals surface area contributed by atoms with Gasteiger partial charge in [0.1, 0.15) is 0 Å². The van der Waals surface area contributed by atoms with Crippen molar-refractivity contribution in [2.24, 2.45) is 0 Å². The third-order valence-corrected chi connectivity index (χ3v) is 2.99. The van der Waals surface area contributed by atoms with Crippen molar-refractivity contribution < 1.29 is 0 Å². The van der Waals surface area contributed by atoms with Crippen LogP contribution in [-0.2, 0) is 0 Å². The monoisotopic (exact) mass is 192 g/mol. The highest BCUT2D eigenvalue weighted by atomic mass is 32.1. The van der Waals surface area contributed by atoms with Crippen LogP contribution < -0.4 is 0 Å². The molecule has 0 saturated heterocycles. The van der Waals surface area contributed by atoms with E-state index in [-0.39, 0.29) is 0 Å². The summed E-state index contributed by atoms with van der Waals surface area (Å²) in [7, 11) is 0. The first-order valence-corrected chi connectivity index (χ1v) is 4.95. The standard InChI is InChI=1S/C12H16S/c1-5-8(2)11-9(3)6-7-10(4)12(11)13/h5-7,13H,1-4H3. The van der Waals surface area contributed by atoms with Crippen LogP contribution in [0.2, 0.25) is 0 Å². The first-order chi connectivity index (χ1) is 6.07. The van der Waals surface area contributed by atoms with Crippen LogP contribution in [0.25, 0.3) is 5.57 Å². The average molecular weight is 192 g/mol. The molecule has 0 N–H and O–H groups in total. The normalized spacial score (nSPS) is 11.9. The molecule has 0 saturated carbocycles. The molecule has 0 radical (unpaired) electrons. The van der Waals surface area contributed by atoms with E-state index in [0.717, 1.165) is 4.90 Å². The van der Waals surface area contributed by atoms with Crippen LogP contribution in [-0.4, -0.2) is 0 Å². The number of allylic oxidation sites excluding steroid dienone is 2. The summed E-state index contributed by atoms with van der Waals surface area (Å²) in [4.78, 5) is 1.11. The second-order valence-corrected chi connectivity index (χ2v) is 3.84. The molecule has 1 aromatic carbocycles. The Bertz CT molecular complexity index is 348. The molecule has 0 bridgehead atoms. The van der Waals surface area contributed by atoms with E-state index in [9.17, 15) is 0 Å².